The molecule has 1 N–H and O–H groups in total. The Morgan fingerprint density at radius 2 is 2.24 bits per heavy atom. The Bertz CT molecular complexity index is 522. The van der Waals surface area contributed by atoms with Gasteiger partial charge in [0.15, 0.2) is 6.61 Å². The first-order valence-corrected chi connectivity index (χ1v) is 7.33. The van der Waals surface area contributed by atoms with E-state index in [0.29, 0.717) is 25.9 Å². The van der Waals surface area contributed by atoms with E-state index in [2.05, 4.69) is 0 Å². The zero-order valence-corrected chi connectivity index (χ0v) is 12.7. The Labute approximate surface area is 128 Å². The highest BCUT2D eigenvalue weighted by Gasteiger charge is 2.27. The lowest BCUT2D eigenvalue weighted by atomic mass is 9.98. The first-order valence-electron chi connectivity index (χ1n) is 6.95. The lowest BCUT2D eigenvalue weighted by Gasteiger charge is -2.22. The number of hydrogen-bond donors (Lipinski definition) is 1. The van der Waals surface area contributed by atoms with E-state index >= 15 is 0 Å². The van der Waals surface area contributed by atoms with Crippen molar-refractivity contribution in [1.82, 2.24) is 4.90 Å². The molecule has 2 rings (SSSR count). The standard InChI is InChI=1S/C15H19ClFNO3/c1-15(20)5-2-7-18(8-6-15)14(19)10-21-13-4-3-11(17)9-12(13)16/h3-4,9,20H,2,5-8,10H2,1H3. The van der Waals surface area contributed by atoms with Gasteiger partial charge in [-0.2, -0.15) is 0 Å². The van der Waals surface area contributed by atoms with Crippen molar-refractivity contribution in [2.45, 2.75) is 31.8 Å². The van der Waals surface area contributed by atoms with Gasteiger partial charge < -0.3 is 14.7 Å². The number of amides is 1. The molecule has 0 radical (unpaired) electrons. The number of halogens is 2. The van der Waals surface area contributed by atoms with Gasteiger partial charge in [0.1, 0.15) is 11.6 Å². The van der Waals surface area contributed by atoms with Gasteiger partial charge in [-0.25, -0.2) is 4.39 Å². The minimum Gasteiger partial charge on any atom is -0.482 e. The maximum Gasteiger partial charge on any atom is 0.260 e. The van der Waals surface area contributed by atoms with Gasteiger partial charge in [-0.3, -0.25) is 4.79 Å². The molecule has 1 aliphatic rings. The van der Waals surface area contributed by atoms with Crippen LogP contribution >= 0.6 is 11.6 Å². The summed E-state index contributed by atoms with van der Waals surface area (Å²) in [5, 5.41) is 10.1. The number of carbonyl (C=O) groups excluding carboxylic acids is 1. The number of ether oxygens (including phenoxy) is 1. The predicted octanol–water partition coefficient (Wildman–Crippen LogP) is 2.62. The van der Waals surface area contributed by atoms with Crippen molar-refractivity contribution in [2.24, 2.45) is 0 Å². The number of carbonyl (C=O) groups is 1. The molecule has 1 fully saturated rings. The average molecular weight is 316 g/mol. The van der Waals surface area contributed by atoms with E-state index in [9.17, 15) is 14.3 Å². The molecule has 4 nitrogen and oxygen atoms in total. The molecule has 0 spiro atoms. The van der Waals surface area contributed by atoms with Crippen molar-refractivity contribution in [2.75, 3.05) is 19.7 Å². The second-order valence-electron chi connectivity index (χ2n) is 5.59. The topological polar surface area (TPSA) is 49.8 Å². The van der Waals surface area contributed by atoms with Crippen molar-refractivity contribution in [3.63, 3.8) is 0 Å². The fraction of sp³-hybridized carbons (Fsp3) is 0.533. The fourth-order valence-electron chi connectivity index (χ4n) is 2.34. The predicted molar refractivity (Wildman–Crippen MR) is 78.0 cm³/mol. The SMILES string of the molecule is CC1(O)CCCN(C(=O)COc2ccc(F)cc2Cl)CC1. The third-order valence-electron chi connectivity index (χ3n) is 3.66. The maximum atomic E-state index is 12.9. The van der Waals surface area contributed by atoms with Crippen molar-refractivity contribution in [3.8, 4) is 5.75 Å². The van der Waals surface area contributed by atoms with E-state index in [4.69, 9.17) is 16.3 Å². The van der Waals surface area contributed by atoms with Gasteiger partial charge in [-0.15, -0.1) is 0 Å². The van der Waals surface area contributed by atoms with Crippen molar-refractivity contribution in [1.29, 1.82) is 0 Å². The van der Waals surface area contributed by atoms with Crippen LogP contribution < -0.4 is 4.74 Å². The van der Waals surface area contributed by atoms with Crippen LogP contribution in [0.5, 0.6) is 5.75 Å². The van der Waals surface area contributed by atoms with E-state index in [0.717, 1.165) is 12.5 Å². The second-order valence-corrected chi connectivity index (χ2v) is 6.00. The molecular weight excluding hydrogens is 297 g/mol. The number of hydrogen-bond acceptors (Lipinski definition) is 3. The fourth-order valence-corrected chi connectivity index (χ4v) is 2.56. The highest BCUT2D eigenvalue weighted by Crippen LogP contribution is 2.25. The summed E-state index contributed by atoms with van der Waals surface area (Å²) in [6.07, 6.45) is 1.99. The Morgan fingerprint density at radius 1 is 1.48 bits per heavy atom. The minimum absolute atomic E-state index is 0.140. The van der Waals surface area contributed by atoms with Gasteiger partial charge in [0, 0.05) is 13.1 Å². The Balaban J connectivity index is 1.89. The van der Waals surface area contributed by atoms with E-state index in [1.165, 1.54) is 12.1 Å². The summed E-state index contributed by atoms with van der Waals surface area (Å²) in [5.74, 6) is -0.324. The molecule has 1 saturated heterocycles. The largest absolute Gasteiger partial charge is 0.482 e. The molecule has 116 valence electrons. The van der Waals surface area contributed by atoms with Gasteiger partial charge in [0.2, 0.25) is 0 Å². The van der Waals surface area contributed by atoms with Gasteiger partial charge in [-0.1, -0.05) is 11.6 Å². The van der Waals surface area contributed by atoms with Crippen LogP contribution in [0.4, 0.5) is 4.39 Å². The zero-order chi connectivity index (χ0) is 15.5. The number of rotatable bonds is 3. The summed E-state index contributed by atoms with van der Waals surface area (Å²) in [5.41, 5.74) is -0.712. The number of benzene rings is 1. The van der Waals surface area contributed by atoms with Crippen LogP contribution in [-0.4, -0.2) is 41.2 Å². The quantitative estimate of drug-likeness (QED) is 0.933. The van der Waals surface area contributed by atoms with Gasteiger partial charge >= 0.3 is 0 Å². The maximum absolute atomic E-state index is 12.9. The molecule has 1 heterocycles. The summed E-state index contributed by atoms with van der Waals surface area (Å²) >= 11 is 5.84. The van der Waals surface area contributed by atoms with Crippen LogP contribution in [0, 0.1) is 5.82 Å². The molecule has 1 atom stereocenters. The number of likely N-dealkylation sites (tertiary alicyclic amines) is 1. The van der Waals surface area contributed by atoms with E-state index in [-0.39, 0.29) is 23.3 Å². The van der Waals surface area contributed by atoms with Gasteiger partial charge in [0.25, 0.3) is 5.91 Å². The molecule has 0 aliphatic carbocycles. The molecule has 0 saturated carbocycles. The third-order valence-corrected chi connectivity index (χ3v) is 3.96. The molecule has 0 bridgehead atoms. The average Bonchev–Trinajstić information content (AvgIpc) is 2.58. The minimum atomic E-state index is -0.712. The highest BCUT2D eigenvalue weighted by atomic mass is 35.5. The van der Waals surface area contributed by atoms with E-state index in [1.807, 2.05) is 0 Å². The molecule has 6 heteroatoms. The van der Waals surface area contributed by atoms with Crippen LogP contribution in [0.1, 0.15) is 26.2 Å². The molecule has 1 aromatic rings. The molecular formula is C15H19ClFNO3. The van der Waals surface area contributed by atoms with Gasteiger partial charge in [-0.05, 0) is 44.4 Å². The van der Waals surface area contributed by atoms with Crippen LogP contribution in [0.2, 0.25) is 5.02 Å². The first-order chi connectivity index (χ1) is 9.87. The van der Waals surface area contributed by atoms with Crippen LogP contribution in [-0.2, 0) is 4.79 Å². The van der Waals surface area contributed by atoms with Crippen molar-refractivity contribution >= 4 is 17.5 Å². The summed E-state index contributed by atoms with van der Waals surface area (Å²) < 4.78 is 18.3. The molecule has 0 aromatic heterocycles. The second kappa shape index (κ2) is 6.62. The Hall–Kier alpha value is -1.33. The van der Waals surface area contributed by atoms with Crippen LogP contribution in [0.3, 0.4) is 0 Å². The zero-order valence-electron chi connectivity index (χ0n) is 11.9. The number of aliphatic hydroxyl groups is 1. The van der Waals surface area contributed by atoms with Crippen molar-refractivity contribution < 1.29 is 19.0 Å². The third kappa shape index (κ3) is 4.58. The van der Waals surface area contributed by atoms with Crippen molar-refractivity contribution in [3.05, 3.63) is 29.0 Å². The Kier molecular flexibility index (Phi) is 5.06. The van der Waals surface area contributed by atoms with Crippen LogP contribution in [0.25, 0.3) is 0 Å². The lowest BCUT2D eigenvalue weighted by molar-refractivity contribution is -0.133. The molecule has 21 heavy (non-hydrogen) atoms. The van der Waals surface area contributed by atoms with E-state index in [1.54, 1.807) is 11.8 Å². The number of nitrogens with zero attached hydrogens (tertiary/aromatic N) is 1. The monoisotopic (exact) mass is 315 g/mol. The Morgan fingerprint density at radius 3 is 2.95 bits per heavy atom. The summed E-state index contributed by atoms with van der Waals surface area (Å²) in [6.45, 7) is 2.76. The molecule has 1 unspecified atom stereocenters. The van der Waals surface area contributed by atoms with Crippen LogP contribution in [0.15, 0.2) is 18.2 Å². The smallest absolute Gasteiger partial charge is 0.260 e. The summed E-state index contributed by atoms with van der Waals surface area (Å²) in [6, 6.07) is 3.78. The molecule has 1 aliphatic heterocycles. The first kappa shape index (κ1) is 16.0. The highest BCUT2D eigenvalue weighted by molar-refractivity contribution is 6.32. The normalized spacial score (nSPS) is 22.8. The summed E-state index contributed by atoms with van der Waals surface area (Å²) in [7, 11) is 0. The molecule has 1 aromatic carbocycles. The van der Waals surface area contributed by atoms with Gasteiger partial charge in [0.05, 0.1) is 10.6 Å². The molecule has 1 amide bonds. The summed E-state index contributed by atoms with van der Waals surface area (Å²) in [4.78, 5) is 13.8. The lowest BCUT2D eigenvalue weighted by Crippen LogP contribution is -2.36. The van der Waals surface area contributed by atoms with E-state index < -0.39 is 11.4 Å².